The van der Waals surface area contributed by atoms with Crippen molar-refractivity contribution < 1.29 is 65.9 Å². The van der Waals surface area contributed by atoms with Gasteiger partial charge >= 0.3 is 41.7 Å². The van der Waals surface area contributed by atoms with Crippen molar-refractivity contribution >= 4 is 12.6 Å². The number of halogens is 15. The van der Waals surface area contributed by atoms with Gasteiger partial charge in [-0.25, -0.2) is 0 Å². The van der Waals surface area contributed by atoms with E-state index in [0.29, 0.717) is 0 Å². The lowest BCUT2D eigenvalue weighted by atomic mass is 9.92. The molecule has 0 amide bonds. The fraction of sp³-hybridized carbons (Fsp3) is 1.00. The Morgan fingerprint density at radius 1 is 0.462 bits per heavy atom. The van der Waals surface area contributed by atoms with Gasteiger partial charge in [-0.05, 0) is 5.75 Å². The van der Waals surface area contributed by atoms with E-state index in [1.807, 2.05) is 0 Å². The lowest BCUT2D eigenvalue weighted by molar-refractivity contribution is -0.408. The molecule has 0 aliphatic carbocycles. The molecule has 0 aromatic rings. The highest BCUT2D eigenvalue weighted by atomic mass is 32.1. The van der Waals surface area contributed by atoms with Crippen molar-refractivity contribution in [2.75, 3.05) is 5.75 Å². The molecule has 0 aliphatic rings. The second-order valence-electron chi connectivity index (χ2n) is 4.98. The third-order valence-corrected chi connectivity index (χ3v) is 3.22. The Morgan fingerprint density at radius 2 is 0.808 bits per heavy atom. The highest BCUT2D eigenvalue weighted by Gasteiger charge is 2.84. The maximum atomic E-state index is 13.1. The van der Waals surface area contributed by atoms with Gasteiger partial charge in [-0.1, -0.05) is 0 Å². The highest BCUT2D eigenvalue weighted by molar-refractivity contribution is 7.80. The van der Waals surface area contributed by atoms with Gasteiger partial charge in [0.05, 0.1) is 6.42 Å². The molecule has 0 N–H and O–H groups in total. The average molecular weight is 444 g/mol. The molecular weight excluding hydrogens is 437 g/mol. The zero-order valence-electron chi connectivity index (χ0n) is 11.7. The van der Waals surface area contributed by atoms with Crippen molar-refractivity contribution in [3.8, 4) is 0 Å². The summed E-state index contributed by atoms with van der Waals surface area (Å²) in [5.41, 5.74) is 0. The third-order valence-electron chi connectivity index (χ3n) is 3.00. The Labute approximate surface area is 140 Å². The van der Waals surface area contributed by atoms with Crippen LogP contribution < -0.4 is 0 Å². The van der Waals surface area contributed by atoms with Crippen LogP contribution in [0.15, 0.2) is 0 Å². The van der Waals surface area contributed by atoms with E-state index in [1.165, 1.54) is 0 Å². The van der Waals surface area contributed by atoms with Crippen LogP contribution >= 0.6 is 12.6 Å². The number of hydrogen-bond acceptors (Lipinski definition) is 1. The van der Waals surface area contributed by atoms with Crippen LogP contribution in [0.1, 0.15) is 12.8 Å². The van der Waals surface area contributed by atoms with Crippen LogP contribution in [0.4, 0.5) is 65.9 Å². The Morgan fingerprint density at radius 3 is 1.12 bits per heavy atom. The minimum atomic E-state index is -7.64. The topological polar surface area (TPSA) is 0 Å². The van der Waals surface area contributed by atoms with E-state index >= 15 is 0 Å². The average Bonchev–Trinajstić information content (AvgIpc) is 2.34. The van der Waals surface area contributed by atoms with Gasteiger partial charge in [0.25, 0.3) is 0 Å². The van der Waals surface area contributed by atoms with Crippen molar-refractivity contribution in [1.82, 2.24) is 0 Å². The van der Waals surface area contributed by atoms with Crippen LogP contribution in [0.25, 0.3) is 0 Å². The molecule has 0 saturated heterocycles. The summed E-state index contributed by atoms with van der Waals surface area (Å²) in [5, 5.41) is 0. The molecule has 158 valence electrons. The number of thiol groups is 1. The zero-order chi connectivity index (χ0) is 21.6. The minimum absolute atomic E-state index is 1.21. The number of hydrogen-bond donors (Lipinski definition) is 1. The first-order valence-corrected chi connectivity index (χ1v) is 6.59. The predicted octanol–water partition coefficient (Wildman–Crippen LogP) is 6.07. The molecule has 0 aromatic heterocycles. The van der Waals surface area contributed by atoms with Gasteiger partial charge in [0.2, 0.25) is 0 Å². The first kappa shape index (κ1) is 25.3. The quantitative estimate of drug-likeness (QED) is 0.341. The first-order chi connectivity index (χ1) is 11.0. The van der Waals surface area contributed by atoms with Gasteiger partial charge in [0.1, 0.15) is 0 Å². The van der Waals surface area contributed by atoms with Crippen molar-refractivity contribution in [3.63, 3.8) is 0 Å². The maximum absolute atomic E-state index is 13.1. The van der Waals surface area contributed by atoms with E-state index in [1.54, 1.807) is 0 Å². The van der Waals surface area contributed by atoms with Crippen LogP contribution in [0.2, 0.25) is 0 Å². The fourth-order valence-corrected chi connectivity index (χ4v) is 1.75. The van der Waals surface area contributed by atoms with Crippen molar-refractivity contribution in [3.05, 3.63) is 0 Å². The number of alkyl halides is 15. The molecule has 0 spiro atoms. The summed E-state index contributed by atoms with van der Waals surface area (Å²) in [7, 11) is 0. The lowest BCUT2D eigenvalue weighted by Crippen LogP contribution is -2.64. The highest BCUT2D eigenvalue weighted by Crippen LogP contribution is 2.58. The minimum Gasteiger partial charge on any atom is -0.200 e. The second kappa shape index (κ2) is 6.72. The van der Waals surface area contributed by atoms with E-state index in [4.69, 9.17) is 0 Å². The van der Waals surface area contributed by atoms with E-state index in [0.717, 1.165) is 0 Å². The molecule has 0 heterocycles. The molecular formula is C10H7F15S. The van der Waals surface area contributed by atoms with Crippen molar-refractivity contribution in [2.24, 2.45) is 0 Å². The van der Waals surface area contributed by atoms with Gasteiger partial charge in [-0.2, -0.15) is 78.5 Å². The third kappa shape index (κ3) is 3.93. The largest absolute Gasteiger partial charge is 0.460 e. The predicted molar refractivity (Wildman–Crippen MR) is 58.8 cm³/mol. The maximum Gasteiger partial charge on any atom is 0.460 e. The van der Waals surface area contributed by atoms with Gasteiger partial charge in [-0.15, -0.1) is 0 Å². The SMILES string of the molecule is FC(F)(F)C(F)(F)C(F)(F)C(F)(F)CC(F)(F)C(F)(F)C(F)(F)CCS. The molecule has 0 rings (SSSR count). The van der Waals surface area contributed by atoms with Gasteiger partial charge < -0.3 is 0 Å². The van der Waals surface area contributed by atoms with Crippen molar-refractivity contribution in [2.45, 2.75) is 54.6 Å². The van der Waals surface area contributed by atoms with Crippen LogP contribution in [-0.2, 0) is 0 Å². The second-order valence-corrected chi connectivity index (χ2v) is 5.43. The normalized spacial score (nSPS) is 16.2. The van der Waals surface area contributed by atoms with Gasteiger partial charge in [0, 0.05) is 6.42 Å². The molecule has 0 fully saturated rings. The fourth-order valence-electron chi connectivity index (χ4n) is 1.47. The van der Waals surface area contributed by atoms with Crippen LogP contribution in [0.3, 0.4) is 0 Å². The molecule has 0 nitrogen and oxygen atoms in total. The van der Waals surface area contributed by atoms with Gasteiger partial charge in [-0.3, -0.25) is 0 Å². The zero-order valence-corrected chi connectivity index (χ0v) is 12.6. The van der Waals surface area contributed by atoms with E-state index in [-0.39, 0.29) is 0 Å². The van der Waals surface area contributed by atoms with E-state index in [9.17, 15) is 65.9 Å². The van der Waals surface area contributed by atoms with Crippen molar-refractivity contribution in [1.29, 1.82) is 0 Å². The molecule has 0 saturated carbocycles. The molecule has 0 bridgehead atoms. The van der Waals surface area contributed by atoms with Gasteiger partial charge in [0.15, 0.2) is 0 Å². The summed E-state index contributed by atoms with van der Waals surface area (Å²) in [5.74, 6) is -43.0. The summed E-state index contributed by atoms with van der Waals surface area (Å²) in [6.45, 7) is 0. The molecule has 0 radical (unpaired) electrons. The van der Waals surface area contributed by atoms with E-state index in [2.05, 4.69) is 12.6 Å². The Bertz CT molecular complexity index is 491. The molecule has 0 aromatic carbocycles. The van der Waals surface area contributed by atoms with Crippen LogP contribution in [-0.4, -0.2) is 47.5 Å². The van der Waals surface area contributed by atoms with E-state index < -0.39 is 60.3 Å². The smallest absolute Gasteiger partial charge is 0.200 e. The number of rotatable bonds is 8. The summed E-state index contributed by atoms with van der Waals surface area (Å²) in [6.07, 6.45) is -14.0. The summed E-state index contributed by atoms with van der Waals surface area (Å²) in [6, 6.07) is 0. The Balaban J connectivity index is 5.99. The molecule has 26 heavy (non-hydrogen) atoms. The molecule has 0 unspecified atom stereocenters. The molecule has 0 atom stereocenters. The van der Waals surface area contributed by atoms with Crippen LogP contribution in [0.5, 0.6) is 0 Å². The standard InChI is InChI=1S/C10H7F15S/c11-4(12,1-2-26)7(17,18)5(13,14)3-6(15,16)8(19,20)9(21,22)10(23,24)25/h26H,1-3H2. The summed E-state index contributed by atoms with van der Waals surface area (Å²) in [4.78, 5) is 0. The summed E-state index contributed by atoms with van der Waals surface area (Å²) < 4.78 is 190. The lowest BCUT2D eigenvalue weighted by Gasteiger charge is -2.38. The Hall–Kier alpha value is -0.700. The van der Waals surface area contributed by atoms with Crippen LogP contribution in [0, 0.1) is 0 Å². The summed E-state index contributed by atoms with van der Waals surface area (Å²) >= 11 is 2.99. The molecule has 0 aliphatic heterocycles. The Kier molecular flexibility index (Phi) is 6.54. The molecule has 16 heteroatoms. The monoisotopic (exact) mass is 444 g/mol. The first-order valence-electron chi connectivity index (χ1n) is 5.96.